The molecule has 0 aromatic heterocycles. The molecule has 2 aliphatic carbocycles. The molecule has 0 bridgehead atoms. The normalized spacial score (nSPS) is 22.2. The molecule has 1 aromatic rings. The lowest BCUT2D eigenvalue weighted by Crippen LogP contribution is -2.54. The number of carbonyl (C=O) groups is 2. The fourth-order valence-corrected chi connectivity index (χ4v) is 10.1. The summed E-state index contributed by atoms with van der Waals surface area (Å²) in [5.41, 5.74) is -0.0370. The van der Waals surface area contributed by atoms with Crippen LogP contribution >= 0.6 is 15.9 Å². The van der Waals surface area contributed by atoms with Crippen molar-refractivity contribution < 1.29 is 19.4 Å². The average molecular weight is 834 g/mol. The molecular formula is C44H77BrN6O4. The van der Waals surface area contributed by atoms with Crippen molar-refractivity contribution in [3.05, 3.63) is 34.3 Å². The van der Waals surface area contributed by atoms with Crippen molar-refractivity contribution in [2.24, 2.45) is 17.8 Å². The minimum absolute atomic E-state index is 0.0000560. The minimum atomic E-state index is -0.969. The topological polar surface area (TPSA) is 118 Å². The number of hydrogen-bond donors (Lipinski definition) is 5. The maximum absolute atomic E-state index is 13.4. The Morgan fingerprint density at radius 2 is 1.33 bits per heavy atom. The predicted octanol–water partition coefficient (Wildman–Crippen LogP) is 8.17. The molecule has 11 heteroatoms. The number of hydrogen-bond acceptors (Lipinski definition) is 6. The van der Waals surface area contributed by atoms with E-state index in [1.807, 2.05) is 48.2 Å². The van der Waals surface area contributed by atoms with Gasteiger partial charge in [0, 0.05) is 75.5 Å². The van der Waals surface area contributed by atoms with Crippen molar-refractivity contribution in [1.82, 2.24) is 31.1 Å². The first-order valence-corrected chi connectivity index (χ1v) is 22.9. The van der Waals surface area contributed by atoms with Crippen molar-refractivity contribution in [1.29, 1.82) is 0 Å². The SMILES string of the molecule is CNC[C@H](CC1CCCCC1)NC(=O)N1CCCCC1.CNC[C@H](CC1CCCCC1)NC(=O)N1CCC[C@@H]([C@@](O)(CCCCOC)c2cccc(Br)c2)C1. The number of amides is 4. The molecule has 2 heterocycles. The lowest BCUT2D eigenvalue weighted by Gasteiger charge is -2.43. The second kappa shape index (κ2) is 25.4. The zero-order valence-electron chi connectivity index (χ0n) is 34.7. The number of carbonyl (C=O) groups excluding carboxylic acids is 2. The number of benzene rings is 1. The van der Waals surface area contributed by atoms with Crippen LogP contribution in [0.25, 0.3) is 0 Å². The Labute approximate surface area is 342 Å². The Bertz CT molecular complexity index is 1220. The van der Waals surface area contributed by atoms with Crippen LogP contribution in [0.1, 0.15) is 134 Å². The van der Waals surface area contributed by atoms with Gasteiger partial charge in [0.05, 0.1) is 5.60 Å². The van der Waals surface area contributed by atoms with Crippen molar-refractivity contribution >= 4 is 28.0 Å². The standard InChI is InChI=1S/C28H46BrN3O3.C16H31N3O/c1-30-20-26(18-22-10-4-3-5-11-22)31-27(33)32-16-9-13-24(21-32)28(34,15-6-7-17-35-2)23-12-8-14-25(29)19-23;1-17-13-15(12-14-8-4-2-5-9-14)18-16(20)19-10-6-3-7-11-19/h8,12,14,19,22,24,26,30,34H,3-7,9-11,13,15-18,20-21H2,1-2H3,(H,31,33);14-15,17H,2-13H2,1H3,(H,18,20)/t24-,26+,28-;15-/m10/s1. The highest BCUT2D eigenvalue weighted by Crippen LogP contribution is 2.40. The molecule has 5 rings (SSSR count). The van der Waals surface area contributed by atoms with Gasteiger partial charge in [-0.05, 0) is 108 Å². The quantitative estimate of drug-likeness (QED) is 0.101. The van der Waals surface area contributed by atoms with Gasteiger partial charge in [-0.2, -0.15) is 0 Å². The lowest BCUT2D eigenvalue weighted by molar-refractivity contribution is -0.0564. The van der Waals surface area contributed by atoms with E-state index in [1.165, 1.54) is 70.6 Å². The number of aliphatic hydroxyl groups is 1. The van der Waals surface area contributed by atoms with Crippen molar-refractivity contribution in [2.75, 3.05) is 67.1 Å². The number of nitrogens with zero attached hydrogens (tertiary/aromatic N) is 2. The van der Waals surface area contributed by atoms with E-state index < -0.39 is 5.60 Å². The molecule has 10 nitrogen and oxygen atoms in total. The van der Waals surface area contributed by atoms with Gasteiger partial charge in [0.15, 0.2) is 0 Å². The fourth-order valence-electron chi connectivity index (χ4n) is 9.69. The Hall–Kier alpha value is -1.92. The summed E-state index contributed by atoms with van der Waals surface area (Å²) in [6.07, 6.45) is 23.4. The van der Waals surface area contributed by atoms with Crippen LogP contribution in [0.3, 0.4) is 0 Å². The van der Waals surface area contributed by atoms with Gasteiger partial charge in [-0.25, -0.2) is 9.59 Å². The molecular weight excluding hydrogens is 756 g/mol. The van der Waals surface area contributed by atoms with E-state index in [1.54, 1.807) is 7.11 Å². The summed E-state index contributed by atoms with van der Waals surface area (Å²) < 4.78 is 6.20. The first-order valence-electron chi connectivity index (χ1n) is 22.1. The highest BCUT2D eigenvalue weighted by Gasteiger charge is 2.41. The molecule has 1 aromatic carbocycles. The Balaban J connectivity index is 0.000000284. The maximum Gasteiger partial charge on any atom is 0.317 e. The van der Waals surface area contributed by atoms with Crippen LogP contribution < -0.4 is 21.3 Å². The monoisotopic (exact) mass is 833 g/mol. The Morgan fingerprint density at radius 3 is 1.87 bits per heavy atom. The van der Waals surface area contributed by atoms with Crippen LogP contribution in [0.4, 0.5) is 9.59 Å². The van der Waals surface area contributed by atoms with E-state index in [2.05, 4.69) is 37.2 Å². The molecule has 0 unspecified atom stereocenters. The molecule has 55 heavy (non-hydrogen) atoms. The zero-order valence-corrected chi connectivity index (χ0v) is 36.3. The van der Waals surface area contributed by atoms with Crippen LogP contribution in [0, 0.1) is 17.8 Å². The first kappa shape index (κ1) is 45.8. The zero-order chi connectivity index (χ0) is 39.3. The van der Waals surface area contributed by atoms with Crippen LogP contribution in [0.2, 0.25) is 0 Å². The molecule has 2 saturated heterocycles. The van der Waals surface area contributed by atoms with E-state index in [9.17, 15) is 14.7 Å². The van der Waals surface area contributed by atoms with Gasteiger partial charge < -0.3 is 40.9 Å². The summed E-state index contributed by atoms with van der Waals surface area (Å²) in [7, 11) is 5.65. The number of piperidine rings is 2. The van der Waals surface area contributed by atoms with E-state index in [0.717, 1.165) is 100 Å². The molecule has 2 saturated carbocycles. The Morgan fingerprint density at radius 1 is 0.782 bits per heavy atom. The summed E-state index contributed by atoms with van der Waals surface area (Å²) in [4.78, 5) is 29.6. The molecule has 0 spiro atoms. The number of methoxy groups -OCH3 is 1. The van der Waals surface area contributed by atoms with E-state index in [0.29, 0.717) is 25.5 Å². The second-order valence-electron chi connectivity index (χ2n) is 17.1. The number of rotatable bonds is 17. The third kappa shape index (κ3) is 15.7. The van der Waals surface area contributed by atoms with E-state index in [-0.39, 0.29) is 30.1 Å². The molecule has 2 aliphatic heterocycles. The second-order valence-corrected chi connectivity index (χ2v) is 18.0. The largest absolute Gasteiger partial charge is 0.385 e. The van der Waals surface area contributed by atoms with Crippen molar-refractivity contribution in [3.8, 4) is 0 Å². The fraction of sp³-hybridized carbons (Fsp3) is 0.818. The van der Waals surface area contributed by atoms with Gasteiger partial charge in [0.1, 0.15) is 0 Å². The lowest BCUT2D eigenvalue weighted by atomic mass is 9.74. The average Bonchev–Trinajstić information content (AvgIpc) is 3.21. The molecule has 0 radical (unpaired) electrons. The molecule has 4 atom stereocenters. The van der Waals surface area contributed by atoms with Gasteiger partial charge >= 0.3 is 12.1 Å². The maximum atomic E-state index is 13.4. The van der Waals surface area contributed by atoms with Crippen LogP contribution in [-0.4, -0.2) is 106 Å². The molecule has 4 fully saturated rings. The van der Waals surface area contributed by atoms with Gasteiger partial charge in [0.25, 0.3) is 0 Å². The molecule has 314 valence electrons. The summed E-state index contributed by atoms with van der Waals surface area (Å²) >= 11 is 3.58. The van der Waals surface area contributed by atoms with Gasteiger partial charge in [-0.15, -0.1) is 0 Å². The van der Waals surface area contributed by atoms with Crippen LogP contribution in [0.5, 0.6) is 0 Å². The highest BCUT2D eigenvalue weighted by molar-refractivity contribution is 9.10. The number of unbranched alkanes of at least 4 members (excludes halogenated alkanes) is 1. The van der Waals surface area contributed by atoms with E-state index >= 15 is 0 Å². The third-order valence-electron chi connectivity index (χ3n) is 12.7. The number of urea groups is 2. The summed E-state index contributed by atoms with van der Waals surface area (Å²) in [5, 5.41) is 25.2. The van der Waals surface area contributed by atoms with Crippen LogP contribution in [-0.2, 0) is 10.3 Å². The Kier molecular flexibility index (Phi) is 21.2. The number of halogens is 1. The third-order valence-corrected chi connectivity index (χ3v) is 13.2. The summed E-state index contributed by atoms with van der Waals surface area (Å²) in [6, 6.07) is 8.63. The summed E-state index contributed by atoms with van der Waals surface area (Å²) in [5.74, 6) is 1.52. The van der Waals surface area contributed by atoms with Crippen molar-refractivity contribution in [2.45, 2.75) is 146 Å². The molecule has 4 aliphatic rings. The number of likely N-dealkylation sites (tertiary alicyclic amines) is 2. The number of ether oxygens (including phenoxy) is 1. The predicted molar refractivity (Wildman–Crippen MR) is 228 cm³/mol. The first-order chi connectivity index (χ1) is 26.7. The van der Waals surface area contributed by atoms with Gasteiger partial charge in [-0.3, -0.25) is 0 Å². The highest BCUT2D eigenvalue weighted by atomic mass is 79.9. The van der Waals surface area contributed by atoms with Gasteiger partial charge in [0.2, 0.25) is 0 Å². The number of likely N-dealkylation sites (N-methyl/N-ethyl adjacent to an activating group) is 2. The molecule has 5 N–H and O–H groups in total. The summed E-state index contributed by atoms with van der Waals surface area (Å²) in [6.45, 7) is 5.56. The van der Waals surface area contributed by atoms with E-state index in [4.69, 9.17) is 4.74 Å². The minimum Gasteiger partial charge on any atom is -0.385 e. The van der Waals surface area contributed by atoms with Gasteiger partial charge in [-0.1, -0.05) is 92.3 Å². The van der Waals surface area contributed by atoms with Crippen LogP contribution in [0.15, 0.2) is 28.7 Å². The smallest absolute Gasteiger partial charge is 0.317 e. The number of nitrogens with one attached hydrogen (secondary N) is 4. The molecule has 4 amide bonds. The van der Waals surface area contributed by atoms with Crippen molar-refractivity contribution in [3.63, 3.8) is 0 Å².